The van der Waals surface area contributed by atoms with Crippen LogP contribution in [0.5, 0.6) is 0 Å². The molecule has 0 bridgehead atoms. The van der Waals surface area contributed by atoms with E-state index in [4.69, 9.17) is 17.3 Å². The number of alkyl halides is 3. The number of anilines is 1. The van der Waals surface area contributed by atoms with E-state index in [0.717, 1.165) is 12.1 Å². The van der Waals surface area contributed by atoms with Crippen LogP contribution < -0.4 is 5.73 Å². The number of nitrogen functional groups attached to an aromatic ring is 1. The maximum Gasteiger partial charge on any atom is 0.416 e. The van der Waals surface area contributed by atoms with Gasteiger partial charge in [-0.15, -0.1) is 0 Å². The van der Waals surface area contributed by atoms with Crippen LogP contribution in [0.15, 0.2) is 54.6 Å². The third kappa shape index (κ3) is 3.35. The van der Waals surface area contributed by atoms with Gasteiger partial charge in [0.05, 0.1) is 11.3 Å². The number of nitrogens with two attached hydrogens (primary N) is 1. The van der Waals surface area contributed by atoms with E-state index in [-0.39, 0.29) is 11.4 Å². The number of nitrogens with zero attached hydrogens (tertiary/aromatic N) is 2. The van der Waals surface area contributed by atoms with Gasteiger partial charge in [0.25, 0.3) is 0 Å². The molecule has 3 aromatic rings. The maximum atomic E-state index is 12.8. The lowest BCUT2D eigenvalue weighted by Gasteiger charge is -2.12. The number of aromatic nitrogens is 1. The van der Waals surface area contributed by atoms with Gasteiger partial charge in [-0.3, -0.25) is 0 Å². The molecule has 0 saturated heterocycles. The second-order valence-corrected chi connectivity index (χ2v) is 5.89. The molecule has 2 N–H and O–H groups in total. The second-order valence-electron chi connectivity index (χ2n) is 5.48. The largest absolute Gasteiger partial charge is 0.416 e. The van der Waals surface area contributed by atoms with Gasteiger partial charge in [-0.25, -0.2) is 4.98 Å². The minimum absolute atomic E-state index is 0.0141. The third-order valence-electron chi connectivity index (χ3n) is 3.83. The van der Waals surface area contributed by atoms with Crippen molar-refractivity contribution in [3.05, 3.63) is 70.7 Å². The van der Waals surface area contributed by atoms with E-state index in [9.17, 15) is 18.4 Å². The Labute approximate surface area is 152 Å². The summed E-state index contributed by atoms with van der Waals surface area (Å²) < 4.78 is 38.3. The molecule has 0 unspecified atom stereocenters. The van der Waals surface area contributed by atoms with Crippen molar-refractivity contribution in [2.45, 2.75) is 6.18 Å². The molecular formula is C19H11ClF3N3. The molecule has 0 aliphatic carbocycles. The summed E-state index contributed by atoms with van der Waals surface area (Å²) in [7, 11) is 0. The number of rotatable bonds is 2. The normalized spacial score (nSPS) is 11.2. The molecule has 7 heteroatoms. The topological polar surface area (TPSA) is 62.7 Å². The van der Waals surface area contributed by atoms with E-state index in [1.165, 1.54) is 12.1 Å². The summed E-state index contributed by atoms with van der Waals surface area (Å²) in [5.74, 6) is -0.0141. The van der Waals surface area contributed by atoms with Crippen molar-refractivity contribution < 1.29 is 13.2 Å². The van der Waals surface area contributed by atoms with Crippen LogP contribution in [0.2, 0.25) is 5.02 Å². The Morgan fingerprint density at radius 1 is 1.00 bits per heavy atom. The van der Waals surface area contributed by atoms with E-state index >= 15 is 0 Å². The fraction of sp³-hybridized carbons (Fsp3) is 0.0526. The molecule has 1 heterocycles. The Morgan fingerprint density at radius 3 is 2.23 bits per heavy atom. The fourth-order valence-electron chi connectivity index (χ4n) is 2.56. The number of hydrogen-bond acceptors (Lipinski definition) is 3. The van der Waals surface area contributed by atoms with Crippen LogP contribution in [0.3, 0.4) is 0 Å². The highest BCUT2D eigenvalue weighted by molar-refractivity contribution is 6.33. The number of nitriles is 1. The third-order valence-corrected chi connectivity index (χ3v) is 4.16. The molecule has 3 nitrogen and oxygen atoms in total. The van der Waals surface area contributed by atoms with Crippen LogP contribution in [0.4, 0.5) is 19.0 Å². The molecule has 1 aromatic heterocycles. The van der Waals surface area contributed by atoms with Crippen molar-refractivity contribution in [2.75, 3.05) is 5.73 Å². The molecule has 0 radical (unpaired) electrons. The van der Waals surface area contributed by atoms with Gasteiger partial charge in [0.2, 0.25) is 0 Å². The van der Waals surface area contributed by atoms with Crippen molar-refractivity contribution in [1.29, 1.82) is 5.26 Å². The highest BCUT2D eigenvalue weighted by Crippen LogP contribution is 2.35. The van der Waals surface area contributed by atoms with E-state index in [2.05, 4.69) is 4.98 Å². The van der Waals surface area contributed by atoms with E-state index in [1.54, 1.807) is 30.3 Å². The summed E-state index contributed by atoms with van der Waals surface area (Å²) in [5, 5.41) is 9.83. The van der Waals surface area contributed by atoms with Gasteiger partial charge in [0.1, 0.15) is 17.5 Å². The Morgan fingerprint density at radius 2 is 1.65 bits per heavy atom. The van der Waals surface area contributed by atoms with Gasteiger partial charge < -0.3 is 5.73 Å². The molecule has 0 aliphatic heterocycles. The zero-order chi connectivity index (χ0) is 18.9. The minimum Gasteiger partial charge on any atom is -0.383 e. The number of hydrogen-bond donors (Lipinski definition) is 1. The zero-order valence-corrected chi connectivity index (χ0v) is 13.9. The van der Waals surface area contributed by atoms with Crippen molar-refractivity contribution >= 4 is 17.4 Å². The summed E-state index contributed by atoms with van der Waals surface area (Å²) >= 11 is 6.18. The average molecular weight is 374 g/mol. The van der Waals surface area contributed by atoms with Gasteiger partial charge in [0, 0.05) is 16.1 Å². The number of halogens is 4. The van der Waals surface area contributed by atoms with Crippen LogP contribution in [-0.4, -0.2) is 4.98 Å². The van der Waals surface area contributed by atoms with Gasteiger partial charge in [-0.05, 0) is 29.8 Å². The monoisotopic (exact) mass is 373 g/mol. The second kappa shape index (κ2) is 6.70. The SMILES string of the molecule is N#Cc1c(-c2ccc(C(F)(F)F)cc2)cc(-c2ccccc2Cl)nc1N. The van der Waals surface area contributed by atoms with E-state index < -0.39 is 11.7 Å². The molecule has 130 valence electrons. The predicted molar refractivity (Wildman–Crippen MR) is 94.2 cm³/mol. The Balaban J connectivity index is 2.18. The van der Waals surface area contributed by atoms with Crippen molar-refractivity contribution in [1.82, 2.24) is 4.98 Å². The Bertz CT molecular complexity index is 1010. The summed E-state index contributed by atoms with van der Waals surface area (Å²) in [6.45, 7) is 0. The summed E-state index contributed by atoms with van der Waals surface area (Å²) in [6.07, 6.45) is -4.43. The van der Waals surface area contributed by atoms with Crippen LogP contribution in [0, 0.1) is 11.3 Å². The minimum atomic E-state index is -4.43. The van der Waals surface area contributed by atoms with Crippen LogP contribution in [0.25, 0.3) is 22.4 Å². The van der Waals surface area contributed by atoms with Gasteiger partial charge in [-0.1, -0.05) is 41.9 Å². The fourth-order valence-corrected chi connectivity index (χ4v) is 2.79. The van der Waals surface area contributed by atoms with Crippen molar-refractivity contribution in [3.63, 3.8) is 0 Å². The van der Waals surface area contributed by atoms with Crippen molar-refractivity contribution in [3.8, 4) is 28.5 Å². The highest BCUT2D eigenvalue weighted by Gasteiger charge is 2.30. The van der Waals surface area contributed by atoms with Crippen LogP contribution in [0.1, 0.15) is 11.1 Å². The maximum absolute atomic E-state index is 12.8. The van der Waals surface area contributed by atoms with Crippen LogP contribution in [-0.2, 0) is 6.18 Å². The lowest BCUT2D eigenvalue weighted by Crippen LogP contribution is -2.04. The van der Waals surface area contributed by atoms with Gasteiger partial charge in [0.15, 0.2) is 0 Å². The highest BCUT2D eigenvalue weighted by atomic mass is 35.5. The first-order valence-corrected chi connectivity index (χ1v) is 7.82. The van der Waals surface area contributed by atoms with Gasteiger partial charge >= 0.3 is 6.18 Å². The average Bonchev–Trinajstić information content (AvgIpc) is 2.61. The zero-order valence-electron chi connectivity index (χ0n) is 13.2. The van der Waals surface area contributed by atoms with Gasteiger partial charge in [-0.2, -0.15) is 18.4 Å². The Kier molecular flexibility index (Phi) is 4.58. The summed E-state index contributed by atoms with van der Waals surface area (Å²) in [5.41, 5.74) is 7.09. The summed E-state index contributed by atoms with van der Waals surface area (Å²) in [4.78, 5) is 4.21. The first-order valence-electron chi connectivity index (χ1n) is 7.44. The first-order chi connectivity index (χ1) is 12.3. The molecule has 0 fully saturated rings. The van der Waals surface area contributed by atoms with Crippen LogP contribution >= 0.6 is 11.6 Å². The lowest BCUT2D eigenvalue weighted by atomic mass is 9.97. The predicted octanol–water partition coefficient (Wildman–Crippen LogP) is 5.54. The molecule has 0 amide bonds. The standard InChI is InChI=1S/C19H11ClF3N3/c20-16-4-2-1-3-13(16)17-9-14(15(10-24)18(25)26-17)11-5-7-12(8-6-11)19(21,22)23/h1-9H,(H2,25,26). The van der Waals surface area contributed by atoms with E-state index in [1.807, 2.05) is 6.07 Å². The lowest BCUT2D eigenvalue weighted by molar-refractivity contribution is -0.137. The molecule has 0 spiro atoms. The molecule has 3 rings (SSSR count). The van der Waals surface area contributed by atoms with E-state index in [0.29, 0.717) is 27.4 Å². The number of benzene rings is 2. The molecular weight excluding hydrogens is 363 g/mol. The first kappa shape index (κ1) is 17.8. The molecule has 2 aromatic carbocycles. The number of pyridine rings is 1. The molecule has 0 atom stereocenters. The van der Waals surface area contributed by atoms with Crippen molar-refractivity contribution in [2.24, 2.45) is 0 Å². The quantitative estimate of drug-likeness (QED) is 0.641. The molecule has 0 saturated carbocycles. The summed E-state index contributed by atoms with van der Waals surface area (Å²) in [6, 6.07) is 15.0. The molecule has 0 aliphatic rings. The molecule has 26 heavy (non-hydrogen) atoms. The Hall–Kier alpha value is -3.04. The smallest absolute Gasteiger partial charge is 0.383 e.